The Labute approximate surface area is 140 Å². The Balaban J connectivity index is 0.00000400. The van der Waals surface area contributed by atoms with Crippen LogP contribution in [0.15, 0.2) is 33.6 Å². The van der Waals surface area contributed by atoms with Gasteiger partial charge in [0.25, 0.3) is 0 Å². The minimum Gasteiger partial charge on any atom is -0.354 e. The van der Waals surface area contributed by atoms with Crippen LogP contribution in [0.2, 0.25) is 0 Å². The van der Waals surface area contributed by atoms with Crippen LogP contribution in [0.1, 0.15) is 20.3 Å². The number of nitrogens with two attached hydrogens (primary N) is 1. The molecule has 0 aliphatic rings. The quantitative estimate of drug-likeness (QED) is 0.764. The lowest BCUT2D eigenvalue weighted by molar-refractivity contribution is -0.120. The number of hydrogen-bond acceptors (Lipinski definition) is 4. The largest absolute Gasteiger partial charge is 0.354 e. The fraction of sp³-hybridized carbons (Fsp3) is 0.462. The predicted octanol–water partition coefficient (Wildman–Crippen LogP) is 1.89. The Kier molecular flexibility index (Phi) is 7.88. The number of rotatable bonds is 6. The van der Waals surface area contributed by atoms with Crippen molar-refractivity contribution in [2.24, 2.45) is 5.73 Å². The lowest BCUT2D eigenvalue weighted by atomic mass is 10.2. The second-order valence-corrected chi connectivity index (χ2v) is 8.53. The molecule has 0 fully saturated rings. The highest BCUT2D eigenvalue weighted by atomic mass is 79.9. The highest BCUT2D eigenvalue weighted by Gasteiger charge is 2.35. The Morgan fingerprint density at radius 1 is 1.29 bits per heavy atom. The minimum atomic E-state index is -3.53. The third-order valence-corrected chi connectivity index (χ3v) is 5.95. The monoisotopic (exact) mass is 398 g/mol. The van der Waals surface area contributed by atoms with Gasteiger partial charge >= 0.3 is 0 Å². The van der Waals surface area contributed by atoms with Crippen LogP contribution in [-0.4, -0.2) is 32.2 Å². The molecular formula is C13H20BrClN2O3S. The predicted molar refractivity (Wildman–Crippen MR) is 89.3 cm³/mol. The molecule has 120 valence electrons. The van der Waals surface area contributed by atoms with Crippen molar-refractivity contribution in [3.8, 4) is 0 Å². The zero-order valence-electron chi connectivity index (χ0n) is 11.9. The number of benzene rings is 1. The van der Waals surface area contributed by atoms with E-state index in [9.17, 15) is 13.2 Å². The van der Waals surface area contributed by atoms with Crippen molar-refractivity contribution in [1.82, 2.24) is 5.32 Å². The van der Waals surface area contributed by atoms with Crippen LogP contribution in [0, 0.1) is 0 Å². The lowest BCUT2D eigenvalue weighted by Gasteiger charge is -2.25. The number of nitrogens with one attached hydrogen (secondary N) is 1. The first kappa shape index (κ1) is 20.4. The zero-order chi connectivity index (χ0) is 15.4. The highest BCUT2D eigenvalue weighted by molar-refractivity contribution is 9.10. The minimum absolute atomic E-state index is 0. The molecule has 3 N–H and O–H groups in total. The Hall–Kier alpha value is -0.630. The van der Waals surface area contributed by atoms with E-state index in [1.54, 1.807) is 38.1 Å². The van der Waals surface area contributed by atoms with E-state index in [0.717, 1.165) is 4.47 Å². The average Bonchev–Trinajstić information content (AvgIpc) is 2.37. The van der Waals surface area contributed by atoms with Crippen molar-refractivity contribution in [1.29, 1.82) is 0 Å². The topological polar surface area (TPSA) is 89.3 Å². The molecule has 0 aliphatic heterocycles. The number of sulfone groups is 1. The van der Waals surface area contributed by atoms with Gasteiger partial charge in [0.05, 0.1) is 9.64 Å². The highest BCUT2D eigenvalue weighted by Crippen LogP contribution is 2.26. The molecule has 0 radical (unpaired) electrons. The third-order valence-electron chi connectivity index (χ3n) is 2.93. The molecule has 0 saturated carbocycles. The van der Waals surface area contributed by atoms with Gasteiger partial charge in [-0.25, -0.2) is 8.42 Å². The second kappa shape index (κ2) is 8.12. The van der Waals surface area contributed by atoms with E-state index < -0.39 is 14.6 Å². The summed E-state index contributed by atoms with van der Waals surface area (Å²) in [6, 6.07) is 6.44. The van der Waals surface area contributed by atoms with E-state index in [1.165, 1.54) is 0 Å². The van der Waals surface area contributed by atoms with E-state index in [0.29, 0.717) is 0 Å². The standard InChI is InChI=1S/C13H19BrN2O3S.ClH/c1-13(2,9-16-12(17)7-8-15)20(18,19)11-5-3-10(14)4-6-11;/h3-6H,7-9,15H2,1-2H3,(H,16,17);1H. The van der Waals surface area contributed by atoms with Crippen LogP contribution in [0.25, 0.3) is 0 Å². The molecule has 0 heterocycles. The van der Waals surface area contributed by atoms with Gasteiger partial charge in [-0.2, -0.15) is 0 Å². The Morgan fingerprint density at radius 2 is 1.81 bits per heavy atom. The molecular weight excluding hydrogens is 380 g/mol. The molecule has 0 unspecified atom stereocenters. The van der Waals surface area contributed by atoms with E-state index in [2.05, 4.69) is 21.2 Å². The fourth-order valence-corrected chi connectivity index (χ4v) is 3.22. The lowest BCUT2D eigenvalue weighted by Crippen LogP contribution is -2.44. The van der Waals surface area contributed by atoms with Gasteiger partial charge in [0, 0.05) is 24.0 Å². The van der Waals surface area contributed by atoms with Gasteiger partial charge in [0.2, 0.25) is 5.91 Å². The number of carbonyl (C=O) groups is 1. The summed E-state index contributed by atoms with van der Waals surface area (Å²) >= 11 is 3.27. The van der Waals surface area contributed by atoms with E-state index in [4.69, 9.17) is 5.73 Å². The maximum Gasteiger partial charge on any atom is 0.221 e. The molecule has 1 amide bonds. The SMILES string of the molecule is CC(C)(CNC(=O)CCN)S(=O)(=O)c1ccc(Br)cc1.Cl. The molecule has 5 nitrogen and oxygen atoms in total. The molecule has 8 heteroatoms. The van der Waals surface area contributed by atoms with Crippen molar-refractivity contribution in [2.75, 3.05) is 13.1 Å². The van der Waals surface area contributed by atoms with Crippen LogP contribution in [0.5, 0.6) is 0 Å². The first-order valence-corrected chi connectivity index (χ1v) is 8.45. The van der Waals surface area contributed by atoms with E-state index in [1.807, 2.05) is 0 Å². The van der Waals surface area contributed by atoms with E-state index in [-0.39, 0.29) is 42.7 Å². The normalized spacial score (nSPS) is 11.6. The van der Waals surface area contributed by atoms with Crippen LogP contribution < -0.4 is 11.1 Å². The number of hydrogen-bond donors (Lipinski definition) is 2. The number of halogens is 2. The molecule has 1 aromatic rings. The van der Waals surface area contributed by atoms with Crippen molar-refractivity contribution in [2.45, 2.75) is 29.9 Å². The summed E-state index contributed by atoms with van der Waals surface area (Å²) in [5, 5.41) is 2.60. The van der Waals surface area contributed by atoms with Gasteiger partial charge in [-0.05, 0) is 38.1 Å². The summed E-state index contributed by atoms with van der Waals surface area (Å²) in [6.45, 7) is 3.47. The average molecular weight is 400 g/mol. The molecule has 1 aromatic carbocycles. The van der Waals surface area contributed by atoms with Crippen LogP contribution in [-0.2, 0) is 14.6 Å². The number of amides is 1. The smallest absolute Gasteiger partial charge is 0.221 e. The molecule has 0 spiro atoms. The maximum atomic E-state index is 12.5. The summed E-state index contributed by atoms with van der Waals surface area (Å²) in [5.74, 6) is -0.244. The van der Waals surface area contributed by atoms with E-state index >= 15 is 0 Å². The van der Waals surface area contributed by atoms with Gasteiger partial charge in [-0.3, -0.25) is 4.79 Å². The van der Waals surface area contributed by atoms with Gasteiger partial charge < -0.3 is 11.1 Å². The Bertz CT molecular complexity index is 574. The molecule has 0 saturated heterocycles. The summed E-state index contributed by atoms with van der Waals surface area (Å²) in [5.41, 5.74) is 5.28. The molecule has 1 rings (SSSR count). The summed E-state index contributed by atoms with van der Waals surface area (Å²) in [6.07, 6.45) is 0.189. The first-order chi connectivity index (χ1) is 9.20. The van der Waals surface area contributed by atoms with Crippen molar-refractivity contribution >= 4 is 44.1 Å². The van der Waals surface area contributed by atoms with Crippen LogP contribution in [0.3, 0.4) is 0 Å². The molecule has 0 aromatic heterocycles. The number of carbonyl (C=O) groups excluding carboxylic acids is 1. The fourth-order valence-electron chi connectivity index (χ4n) is 1.56. The Morgan fingerprint density at radius 3 is 2.29 bits per heavy atom. The van der Waals surface area contributed by atoms with Gasteiger partial charge in [-0.15, -0.1) is 12.4 Å². The van der Waals surface area contributed by atoms with Crippen LogP contribution >= 0.6 is 28.3 Å². The third kappa shape index (κ3) is 5.25. The molecule has 0 aliphatic carbocycles. The van der Waals surface area contributed by atoms with Crippen molar-refractivity contribution in [3.63, 3.8) is 0 Å². The second-order valence-electron chi connectivity index (χ2n) is 5.03. The summed E-state index contributed by atoms with van der Waals surface area (Å²) in [7, 11) is -3.53. The van der Waals surface area contributed by atoms with Gasteiger partial charge in [0.15, 0.2) is 9.84 Å². The zero-order valence-corrected chi connectivity index (χ0v) is 15.1. The van der Waals surface area contributed by atoms with Crippen LogP contribution in [0.4, 0.5) is 0 Å². The molecule has 21 heavy (non-hydrogen) atoms. The maximum absolute atomic E-state index is 12.5. The summed E-state index contributed by atoms with van der Waals surface area (Å²) in [4.78, 5) is 11.6. The molecule has 0 atom stereocenters. The first-order valence-electron chi connectivity index (χ1n) is 6.17. The summed E-state index contributed by atoms with van der Waals surface area (Å²) < 4.78 is 24.8. The molecule has 0 bridgehead atoms. The van der Waals surface area contributed by atoms with Crippen molar-refractivity contribution < 1.29 is 13.2 Å². The van der Waals surface area contributed by atoms with Gasteiger partial charge in [-0.1, -0.05) is 15.9 Å². The van der Waals surface area contributed by atoms with Crippen molar-refractivity contribution in [3.05, 3.63) is 28.7 Å². The van der Waals surface area contributed by atoms with Gasteiger partial charge in [0.1, 0.15) is 0 Å².